The minimum atomic E-state index is 0.0361. The van der Waals surface area contributed by atoms with Gasteiger partial charge in [-0.1, -0.05) is 35.3 Å². The lowest BCUT2D eigenvalue weighted by molar-refractivity contribution is 0.0983. The van der Waals surface area contributed by atoms with Crippen molar-refractivity contribution in [1.82, 2.24) is 19.7 Å². The van der Waals surface area contributed by atoms with Crippen molar-refractivity contribution in [1.29, 1.82) is 0 Å². The van der Waals surface area contributed by atoms with E-state index in [9.17, 15) is 4.79 Å². The molecule has 0 atom stereocenters. The molecule has 2 heterocycles. The van der Waals surface area contributed by atoms with Crippen LogP contribution < -0.4 is 5.32 Å². The van der Waals surface area contributed by atoms with Crippen LogP contribution in [0.3, 0.4) is 0 Å². The monoisotopic (exact) mass is 465 g/mol. The molecule has 32 heavy (non-hydrogen) atoms. The lowest BCUT2D eigenvalue weighted by Crippen LogP contribution is -2.02. The Bertz CT molecular complexity index is 1290. The number of Topliss-reactive ketones (excluding diaryl/α,β-unsaturated/α-hetero) is 1. The molecule has 0 fully saturated rings. The Morgan fingerprint density at radius 2 is 1.94 bits per heavy atom. The molecule has 0 unspecified atom stereocenters. The van der Waals surface area contributed by atoms with Crippen molar-refractivity contribution >= 4 is 40.6 Å². The van der Waals surface area contributed by atoms with Gasteiger partial charge < -0.3 is 5.32 Å². The number of carbonyl (C=O) groups is 1. The number of carbonyl (C=O) groups excluding carboxylic acids is 1. The van der Waals surface area contributed by atoms with Gasteiger partial charge in [-0.25, -0.2) is 9.97 Å². The highest BCUT2D eigenvalue weighted by atomic mass is 35.5. The Morgan fingerprint density at radius 1 is 1.09 bits per heavy atom. The maximum absolute atomic E-state index is 12.5. The standard InChI is InChI=1S/C24H21Cl2N5O/c1-15-11-17(22-9-10-27-24(30-22)29-19-13-28-31(2)14-19)4-3-16(15)6-8-23(32)18-5-7-20(25)21(26)12-18/h3-5,7,9-14H,6,8H2,1-2H3,(H,27,29,30). The van der Waals surface area contributed by atoms with Gasteiger partial charge >= 0.3 is 0 Å². The van der Waals surface area contributed by atoms with Gasteiger partial charge in [-0.2, -0.15) is 5.10 Å². The Morgan fingerprint density at radius 3 is 2.66 bits per heavy atom. The summed E-state index contributed by atoms with van der Waals surface area (Å²) in [4.78, 5) is 21.4. The first kappa shape index (κ1) is 22.0. The number of ketones is 1. The number of hydrogen-bond donors (Lipinski definition) is 1. The van der Waals surface area contributed by atoms with Crippen LogP contribution in [0.2, 0.25) is 10.0 Å². The second-order valence-corrected chi connectivity index (χ2v) is 8.30. The van der Waals surface area contributed by atoms with Crippen molar-refractivity contribution in [2.45, 2.75) is 19.8 Å². The minimum absolute atomic E-state index is 0.0361. The van der Waals surface area contributed by atoms with Crippen LogP contribution in [0.4, 0.5) is 11.6 Å². The van der Waals surface area contributed by atoms with Gasteiger partial charge in [0.25, 0.3) is 0 Å². The number of aryl methyl sites for hydroxylation is 3. The summed E-state index contributed by atoms with van der Waals surface area (Å²) in [6, 6.07) is 13.0. The predicted octanol–water partition coefficient (Wildman–Crippen LogP) is 6.05. The molecule has 0 saturated carbocycles. The van der Waals surface area contributed by atoms with Crippen LogP contribution in [0.1, 0.15) is 27.9 Å². The van der Waals surface area contributed by atoms with E-state index in [1.165, 1.54) is 0 Å². The van der Waals surface area contributed by atoms with Gasteiger partial charge in [0.2, 0.25) is 5.95 Å². The van der Waals surface area contributed by atoms with Gasteiger partial charge in [0, 0.05) is 37.0 Å². The zero-order chi connectivity index (χ0) is 22.7. The number of halogens is 2. The number of aromatic nitrogens is 4. The lowest BCUT2D eigenvalue weighted by atomic mass is 9.97. The number of nitrogens with zero attached hydrogens (tertiary/aromatic N) is 4. The summed E-state index contributed by atoms with van der Waals surface area (Å²) in [5, 5.41) is 8.12. The van der Waals surface area contributed by atoms with Crippen molar-refractivity contribution in [2.75, 3.05) is 5.32 Å². The fourth-order valence-electron chi connectivity index (χ4n) is 3.39. The summed E-state index contributed by atoms with van der Waals surface area (Å²) >= 11 is 12.0. The van der Waals surface area contributed by atoms with Crippen molar-refractivity contribution in [3.63, 3.8) is 0 Å². The molecule has 4 rings (SSSR count). The quantitative estimate of drug-likeness (QED) is 0.336. The average molecular weight is 466 g/mol. The summed E-state index contributed by atoms with van der Waals surface area (Å²) in [5.74, 6) is 0.540. The lowest BCUT2D eigenvalue weighted by Gasteiger charge is -2.10. The van der Waals surface area contributed by atoms with Crippen LogP contribution >= 0.6 is 23.2 Å². The fourth-order valence-corrected chi connectivity index (χ4v) is 3.69. The number of nitrogens with one attached hydrogen (secondary N) is 1. The Balaban J connectivity index is 1.45. The molecule has 6 nitrogen and oxygen atoms in total. The number of hydrogen-bond acceptors (Lipinski definition) is 5. The Kier molecular flexibility index (Phi) is 6.53. The Labute approximate surface area is 196 Å². The average Bonchev–Trinajstić information content (AvgIpc) is 3.19. The van der Waals surface area contributed by atoms with E-state index in [0.717, 1.165) is 28.1 Å². The summed E-state index contributed by atoms with van der Waals surface area (Å²) in [6.45, 7) is 2.04. The minimum Gasteiger partial charge on any atom is -0.321 e. The van der Waals surface area contributed by atoms with Crippen LogP contribution in [0.15, 0.2) is 61.1 Å². The van der Waals surface area contributed by atoms with E-state index in [2.05, 4.69) is 26.4 Å². The first-order chi connectivity index (χ1) is 15.4. The summed E-state index contributed by atoms with van der Waals surface area (Å²) < 4.78 is 1.71. The highest BCUT2D eigenvalue weighted by Crippen LogP contribution is 2.25. The summed E-state index contributed by atoms with van der Waals surface area (Å²) in [5.41, 5.74) is 5.41. The van der Waals surface area contributed by atoms with Gasteiger partial charge in [-0.3, -0.25) is 9.48 Å². The first-order valence-corrected chi connectivity index (χ1v) is 10.8. The van der Waals surface area contributed by atoms with Crippen LogP contribution in [0.5, 0.6) is 0 Å². The van der Waals surface area contributed by atoms with E-state index < -0.39 is 0 Å². The molecule has 0 radical (unpaired) electrons. The highest BCUT2D eigenvalue weighted by Gasteiger charge is 2.11. The molecule has 0 saturated heterocycles. The molecular weight excluding hydrogens is 445 g/mol. The maximum Gasteiger partial charge on any atom is 0.227 e. The normalized spacial score (nSPS) is 10.9. The molecule has 0 aliphatic heterocycles. The largest absolute Gasteiger partial charge is 0.321 e. The third-order valence-electron chi connectivity index (χ3n) is 5.12. The van der Waals surface area contributed by atoms with Crippen LogP contribution in [-0.4, -0.2) is 25.5 Å². The molecule has 4 aromatic rings. The first-order valence-electron chi connectivity index (χ1n) is 10.1. The zero-order valence-corrected chi connectivity index (χ0v) is 19.2. The van der Waals surface area contributed by atoms with Gasteiger partial charge in [-0.05, 0) is 54.8 Å². The van der Waals surface area contributed by atoms with Gasteiger partial charge in [0.1, 0.15) is 0 Å². The molecule has 1 N–H and O–H groups in total. The van der Waals surface area contributed by atoms with Crippen molar-refractivity contribution in [3.8, 4) is 11.3 Å². The second-order valence-electron chi connectivity index (χ2n) is 7.49. The molecule has 8 heteroatoms. The summed E-state index contributed by atoms with van der Waals surface area (Å²) in [7, 11) is 1.85. The SMILES string of the molecule is Cc1cc(-c2ccnc(Nc3cnn(C)c3)n2)ccc1CCC(=O)c1ccc(Cl)c(Cl)c1. The molecule has 2 aromatic carbocycles. The predicted molar refractivity (Wildman–Crippen MR) is 128 cm³/mol. The molecule has 0 aliphatic carbocycles. The summed E-state index contributed by atoms with van der Waals surface area (Å²) in [6.07, 6.45) is 6.33. The molecular formula is C24H21Cl2N5O. The van der Waals surface area contributed by atoms with E-state index in [-0.39, 0.29) is 5.78 Å². The Hall–Kier alpha value is -3.22. The van der Waals surface area contributed by atoms with Gasteiger partial charge in [0.15, 0.2) is 5.78 Å². The second kappa shape index (κ2) is 9.51. The number of rotatable bonds is 7. The van der Waals surface area contributed by atoms with Crippen molar-refractivity contribution in [3.05, 3.63) is 87.8 Å². The number of benzene rings is 2. The topological polar surface area (TPSA) is 72.7 Å². The zero-order valence-electron chi connectivity index (χ0n) is 17.6. The van der Waals surface area contributed by atoms with Crippen molar-refractivity contribution < 1.29 is 4.79 Å². The smallest absolute Gasteiger partial charge is 0.227 e. The van der Waals surface area contributed by atoms with E-state index in [4.69, 9.17) is 23.2 Å². The number of anilines is 2. The van der Waals surface area contributed by atoms with E-state index >= 15 is 0 Å². The maximum atomic E-state index is 12.5. The third kappa shape index (κ3) is 5.15. The van der Waals surface area contributed by atoms with E-state index in [0.29, 0.717) is 34.4 Å². The fraction of sp³-hybridized carbons (Fsp3) is 0.167. The van der Waals surface area contributed by atoms with Gasteiger partial charge in [0.05, 0.1) is 27.6 Å². The van der Waals surface area contributed by atoms with Crippen molar-refractivity contribution in [2.24, 2.45) is 7.05 Å². The third-order valence-corrected chi connectivity index (χ3v) is 5.86. The molecule has 0 amide bonds. The molecule has 2 aromatic heterocycles. The highest BCUT2D eigenvalue weighted by molar-refractivity contribution is 6.42. The molecule has 0 aliphatic rings. The molecule has 0 spiro atoms. The van der Waals surface area contributed by atoms with Crippen LogP contribution in [0.25, 0.3) is 11.3 Å². The molecule has 0 bridgehead atoms. The van der Waals surface area contributed by atoms with E-state index in [1.54, 1.807) is 35.3 Å². The van der Waals surface area contributed by atoms with E-state index in [1.807, 2.05) is 38.4 Å². The van der Waals surface area contributed by atoms with Crippen LogP contribution in [-0.2, 0) is 13.5 Å². The van der Waals surface area contributed by atoms with Crippen LogP contribution in [0, 0.1) is 6.92 Å². The van der Waals surface area contributed by atoms with Gasteiger partial charge in [-0.15, -0.1) is 0 Å². The molecule has 162 valence electrons.